The minimum Gasteiger partial charge on any atom is -0.489 e. The van der Waals surface area contributed by atoms with Crippen LogP contribution in [0.3, 0.4) is 0 Å². The van der Waals surface area contributed by atoms with E-state index >= 15 is 0 Å². The Morgan fingerprint density at radius 3 is 2.44 bits per heavy atom. The molecule has 0 aromatic heterocycles. The summed E-state index contributed by atoms with van der Waals surface area (Å²) in [5, 5.41) is -0.498. The molecule has 0 heterocycles. The van der Waals surface area contributed by atoms with Crippen LogP contribution >= 0.6 is 11.6 Å². The lowest BCUT2D eigenvalue weighted by molar-refractivity contribution is 0.0991. The second-order valence-electron chi connectivity index (χ2n) is 3.75. The normalized spacial score (nSPS) is 11.9. The van der Waals surface area contributed by atoms with E-state index in [-0.39, 0.29) is 5.78 Å². The van der Waals surface area contributed by atoms with E-state index in [4.69, 9.17) is 16.3 Å². The molecule has 0 aliphatic heterocycles. The molecule has 0 aliphatic rings. The number of ether oxygens (including phenoxy) is 1. The quantitative estimate of drug-likeness (QED) is 0.446. The van der Waals surface area contributed by atoms with Crippen LogP contribution in [-0.4, -0.2) is 17.8 Å². The summed E-state index contributed by atoms with van der Waals surface area (Å²) in [6.07, 6.45) is 0. The summed E-state index contributed by atoms with van der Waals surface area (Å²) >= 11 is 5.71. The number of halogens is 1. The van der Waals surface area contributed by atoms with Crippen molar-refractivity contribution in [2.75, 3.05) is 6.61 Å². The average molecular weight is 239 g/mol. The van der Waals surface area contributed by atoms with E-state index in [1.165, 1.54) is 0 Å². The molecule has 1 unspecified atom stereocenters. The van der Waals surface area contributed by atoms with Gasteiger partial charge in [0.25, 0.3) is 0 Å². The molecule has 0 N–H and O–H groups in total. The molecule has 0 radical (unpaired) electrons. The monoisotopic (exact) mass is 238 g/mol. The molecule has 3 heteroatoms. The van der Waals surface area contributed by atoms with Gasteiger partial charge in [0.15, 0.2) is 5.78 Å². The number of alkyl halides is 1. The van der Waals surface area contributed by atoms with Gasteiger partial charge in [-0.3, -0.25) is 4.79 Å². The lowest BCUT2D eigenvalue weighted by atomic mass is 10.1. The van der Waals surface area contributed by atoms with E-state index in [1.54, 1.807) is 31.2 Å². The number of ketones is 1. The summed E-state index contributed by atoms with van der Waals surface area (Å²) < 4.78 is 5.42. The fraction of sp³-hybridized carbons (Fsp3) is 0.308. The first-order chi connectivity index (χ1) is 7.50. The highest BCUT2D eigenvalue weighted by molar-refractivity contribution is 6.33. The van der Waals surface area contributed by atoms with E-state index in [0.29, 0.717) is 12.2 Å². The summed E-state index contributed by atoms with van der Waals surface area (Å²) in [7, 11) is 0. The number of carbonyl (C=O) groups excluding carboxylic acids is 1. The number of Topliss-reactive ketones (excluding diaryl/α,β-unsaturated/α-hetero) is 1. The zero-order valence-electron chi connectivity index (χ0n) is 9.50. The van der Waals surface area contributed by atoms with Crippen LogP contribution < -0.4 is 4.74 Å². The highest BCUT2D eigenvalue weighted by atomic mass is 35.5. The van der Waals surface area contributed by atoms with Gasteiger partial charge in [-0.1, -0.05) is 6.58 Å². The first-order valence-corrected chi connectivity index (χ1v) is 5.50. The molecule has 0 fully saturated rings. The van der Waals surface area contributed by atoms with Crippen molar-refractivity contribution in [3.63, 3.8) is 0 Å². The first kappa shape index (κ1) is 12.8. The summed E-state index contributed by atoms with van der Waals surface area (Å²) in [6.45, 7) is 7.79. The predicted molar refractivity (Wildman–Crippen MR) is 66.4 cm³/mol. The van der Waals surface area contributed by atoms with E-state index < -0.39 is 5.38 Å². The Kier molecular flexibility index (Phi) is 4.56. The largest absolute Gasteiger partial charge is 0.489 e. The van der Waals surface area contributed by atoms with Crippen LogP contribution in [0.25, 0.3) is 0 Å². The Morgan fingerprint density at radius 2 is 2.00 bits per heavy atom. The number of rotatable bonds is 5. The standard InChI is InChI=1S/C13H15ClO2/c1-9(2)8-16-12-6-4-11(5-7-12)13(15)10(3)14/h4-7,10H,1,8H2,2-3H3. The maximum Gasteiger partial charge on any atom is 0.180 e. The maximum absolute atomic E-state index is 11.5. The van der Waals surface area contributed by atoms with E-state index in [2.05, 4.69) is 6.58 Å². The van der Waals surface area contributed by atoms with Crippen molar-refractivity contribution in [3.8, 4) is 5.75 Å². The lowest BCUT2D eigenvalue weighted by Crippen LogP contribution is -2.10. The third-order valence-corrected chi connectivity index (χ3v) is 2.18. The topological polar surface area (TPSA) is 26.3 Å². The lowest BCUT2D eigenvalue weighted by Gasteiger charge is -2.07. The van der Waals surface area contributed by atoms with Crippen LogP contribution in [0.1, 0.15) is 24.2 Å². The van der Waals surface area contributed by atoms with Gasteiger partial charge in [-0.2, -0.15) is 0 Å². The Labute approximate surface area is 101 Å². The van der Waals surface area contributed by atoms with Crippen molar-refractivity contribution < 1.29 is 9.53 Å². The van der Waals surface area contributed by atoms with Gasteiger partial charge in [0.2, 0.25) is 0 Å². The third-order valence-electron chi connectivity index (χ3n) is 1.99. The number of carbonyl (C=O) groups is 1. The second-order valence-corrected chi connectivity index (χ2v) is 4.41. The van der Waals surface area contributed by atoms with Crippen LogP contribution in [0.5, 0.6) is 5.75 Å². The van der Waals surface area contributed by atoms with Crippen molar-refractivity contribution in [1.82, 2.24) is 0 Å². The molecule has 0 amide bonds. The van der Waals surface area contributed by atoms with Crippen LogP contribution in [0.2, 0.25) is 0 Å². The second kappa shape index (κ2) is 5.71. The molecule has 0 saturated carbocycles. The molecular weight excluding hydrogens is 224 g/mol. The van der Waals surface area contributed by atoms with Gasteiger partial charge < -0.3 is 4.74 Å². The molecule has 0 spiro atoms. The zero-order chi connectivity index (χ0) is 12.1. The molecule has 0 saturated heterocycles. The minimum absolute atomic E-state index is 0.0758. The number of benzene rings is 1. The molecule has 0 bridgehead atoms. The molecule has 1 aromatic rings. The van der Waals surface area contributed by atoms with Gasteiger partial charge in [-0.25, -0.2) is 0 Å². The number of hydrogen-bond acceptors (Lipinski definition) is 2. The molecule has 1 aromatic carbocycles. The molecular formula is C13H15ClO2. The summed E-state index contributed by atoms with van der Waals surface area (Å²) in [4.78, 5) is 11.5. The van der Waals surface area contributed by atoms with Gasteiger partial charge in [-0.15, -0.1) is 11.6 Å². The molecule has 1 atom stereocenters. The number of hydrogen-bond donors (Lipinski definition) is 0. The smallest absolute Gasteiger partial charge is 0.180 e. The van der Waals surface area contributed by atoms with Crippen molar-refractivity contribution in [2.45, 2.75) is 19.2 Å². The Balaban J connectivity index is 2.68. The van der Waals surface area contributed by atoms with E-state index in [0.717, 1.165) is 11.3 Å². The molecule has 2 nitrogen and oxygen atoms in total. The average Bonchev–Trinajstić information content (AvgIpc) is 2.26. The van der Waals surface area contributed by atoms with Gasteiger partial charge in [-0.05, 0) is 43.7 Å². The Morgan fingerprint density at radius 1 is 1.44 bits per heavy atom. The zero-order valence-corrected chi connectivity index (χ0v) is 10.3. The highest BCUT2D eigenvalue weighted by Crippen LogP contribution is 2.15. The fourth-order valence-electron chi connectivity index (χ4n) is 1.15. The Bertz CT molecular complexity index is 379. The van der Waals surface area contributed by atoms with E-state index in [9.17, 15) is 4.79 Å². The van der Waals surface area contributed by atoms with E-state index in [1.807, 2.05) is 6.92 Å². The highest BCUT2D eigenvalue weighted by Gasteiger charge is 2.11. The van der Waals surface area contributed by atoms with Crippen molar-refractivity contribution in [2.24, 2.45) is 0 Å². The van der Waals surface area contributed by atoms with Crippen LogP contribution in [0.15, 0.2) is 36.4 Å². The van der Waals surface area contributed by atoms with Gasteiger partial charge in [0.05, 0.1) is 5.38 Å². The molecule has 1 rings (SSSR count). The van der Waals surface area contributed by atoms with Gasteiger partial charge >= 0.3 is 0 Å². The third kappa shape index (κ3) is 3.70. The van der Waals surface area contributed by atoms with Gasteiger partial charge in [0, 0.05) is 5.56 Å². The maximum atomic E-state index is 11.5. The molecule has 16 heavy (non-hydrogen) atoms. The summed E-state index contributed by atoms with van der Waals surface area (Å²) in [5.74, 6) is 0.648. The fourth-order valence-corrected chi connectivity index (χ4v) is 1.28. The SMILES string of the molecule is C=C(C)COc1ccc(C(=O)C(C)Cl)cc1. The van der Waals surface area contributed by atoms with Crippen molar-refractivity contribution >= 4 is 17.4 Å². The molecule has 86 valence electrons. The summed E-state index contributed by atoms with van der Waals surface area (Å²) in [5.41, 5.74) is 1.56. The summed E-state index contributed by atoms with van der Waals surface area (Å²) in [6, 6.07) is 6.95. The van der Waals surface area contributed by atoms with Crippen molar-refractivity contribution in [3.05, 3.63) is 42.0 Å². The van der Waals surface area contributed by atoms with Crippen molar-refractivity contribution in [1.29, 1.82) is 0 Å². The molecule has 0 aliphatic carbocycles. The van der Waals surface area contributed by atoms with Crippen LogP contribution in [0.4, 0.5) is 0 Å². The van der Waals surface area contributed by atoms with Crippen LogP contribution in [-0.2, 0) is 0 Å². The Hall–Kier alpha value is -1.28. The first-order valence-electron chi connectivity index (χ1n) is 5.06. The van der Waals surface area contributed by atoms with Gasteiger partial charge in [0.1, 0.15) is 12.4 Å². The van der Waals surface area contributed by atoms with Crippen LogP contribution in [0, 0.1) is 0 Å². The minimum atomic E-state index is -0.498. The predicted octanol–water partition coefficient (Wildman–Crippen LogP) is 3.45.